The van der Waals surface area contributed by atoms with Crippen molar-refractivity contribution in [3.8, 4) is 17.4 Å². The number of aromatic amines is 1. The number of H-pyrrole nitrogens is 1. The number of hydrogen-bond donors (Lipinski definition) is 2. The number of rotatable bonds is 9. The second kappa shape index (κ2) is 10.5. The Morgan fingerprint density at radius 3 is 2.62 bits per heavy atom. The van der Waals surface area contributed by atoms with E-state index >= 15 is 0 Å². The number of carbonyl (C=O) groups excluding carboxylic acids is 1. The van der Waals surface area contributed by atoms with E-state index in [1.165, 1.54) is 0 Å². The topological polar surface area (TPSA) is 107 Å². The van der Waals surface area contributed by atoms with Gasteiger partial charge in [0.2, 0.25) is 5.88 Å². The standard InChI is InChI=1S/C28H28N6O3/c1-4-37-27-14-13-26(32-33-27)34-18(2)22(17-31-34)28(35)30-15-23(19-9-11-20(36-3)12-10-19)24-16-29-25-8-6-5-7-21(24)25/h5-14,16-17,23,29H,4,15H2,1-3H3,(H,30,35). The Kier molecular flexibility index (Phi) is 6.85. The Hall–Kier alpha value is -4.66. The number of fused-ring (bicyclic) bond motifs is 1. The van der Waals surface area contributed by atoms with Crippen LogP contribution in [-0.4, -0.2) is 51.1 Å². The van der Waals surface area contributed by atoms with Crippen LogP contribution in [0.3, 0.4) is 0 Å². The molecule has 0 aliphatic rings. The number of nitrogens with zero attached hydrogens (tertiary/aromatic N) is 4. The third-order valence-corrected chi connectivity index (χ3v) is 6.37. The van der Waals surface area contributed by atoms with Gasteiger partial charge < -0.3 is 19.8 Å². The maximum absolute atomic E-state index is 13.3. The zero-order chi connectivity index (χ0) is 25.8. The molecule has 3 heterocycles. The lowest BCUT2D eigenvalue weighted by atomic mass is 9.90. The molecule has 5 rings (SSSR count). The molecule has 9 nitrogen and oxygen atoms in total. The van der Waals surface area contributed by atoms with Crippen molar-refractivity contribution in [1.29, 1.82) is 0 Å². The predicted octanol–water partition coefficient (Wildman–Crippen LogP) is 4.42. The SMILES string of the molecule is CCOc1ccc(-n2ncc(C(=O)NCC(c3ccc(OC)cc3)c3c[nH]c4ccccc34)c2C)nn1. The first-order valence-electron chi connectivity index (χ1n) is 12.1. The van der Waals surface area contributed by atoms with Gasteiger partial charge in [-0.2, -0.15) is 5.10 Å². The van der Waals surface area contributed by atoms with Crippen LogP contribution >= 0.6 is 0 Å². The van der Waals surface area contributed by atoms with Crippen LogP contribution in [0, 0.1) is 6.92 Å². The van der Waals surface area contributed by atoms with Crippen LogP contribution in [0.1, 0.15) is 40.0 Å². The van der Waals surface area contributed by atoms with Gasteiger partial charge in [0.25, 0.3) is 5.91 Å². The van der Waals surface area contributed by atoms with Crippen molar-refractivity contribution in [2.75, 3.05) is 20.3 Å². The molecule has 0 fully saturated rings. The Balaban J connectivity index is 1.39. The summed E-state index contributed by atoms with van der Waals surface area (Å²) in [6.45, 7) is 4.63. The first-order chi connectivity index (χ1) is 18.1. The third kappa shape index (κ3) is 4.88. The molecule has 0 spiro atoms. The molecule has 3 aromatic heterocycles. The molecule has 0 saturated heterocycles. The molecule has 0 saturated carbocycles. The Morgan fingerprint density at radius 2 is 1.89 bits per heavy atom. The summed E-state index contributed by atoms with van der Waals surface area (Å²) < 4.78 is 12.3. The van der Waals surface area contributed by atoms with Gasteiger partial charge in [-0.05, 0) is 49.2 Å². The zero-order valence-corrected chi connectivity index (χ0v) is 20.9. The number of methoxy groups -OCH3 is 1. The summed E-state index contributed by atoms with van der Waals surface area (Å²) in [6.07, 6.45) is 3.57. The highest BCUT2D eigenvalue weighted by molar-refractivity contribution is 5.95. The number of nitrogens with one attached hydrogen (secondary N) is 2. The summed E-state index contributed by atoms with van der Waals surface area (Å²) in [5.41, 5.74) is 4.38. The first-order valence-corrected chi connectivity index (χ1v) is 12.1. The highest BCUT2D eigenvalue weighted by atomic mass is 16.5. The molecule has 1 unspecified atom stereocenters. The zero-order valence-electron chi connectivity index (χ0n) is 20.9. The first kappa shape index (κ1) is 24.1. The van der Waals surface area contributed by atoms with Crippen LogP contribution in [0.25, 0.3) is 16.7 Å². The van der Waals surface area contributed by atoms with Gasteiger partial charge >= 0.3 is 0 Å². The Bertz CT molecular complexity index is 1510. The smallest absolute Gasteiger partial charge is 0.254 e. The number of carbonyl (C=O) groups is 1. The van der Waals surface area contributed by atoms with Gasteiger partial charge in [-0.3, -0.25) is 4.79 Å². The quantitative estimate of drug-likeness (QED) is 0.313. The molecule has 37 heavy (non-hydrogen) atoms. The minimum Gasteiger partial charge on any atom is -0.497 e. The summed E-state index contributed by atoms with van der Waals surface area (Å²) in [5, 5.41) is 16.8. The van der Waals surface area contributed by atoms with Crippen molar-refractivity contribution in [3.63, 3.8) is 0 Å². The fourth-order valence-corrected chi connectivity index (χ4v) is 4.43. The molecule has 1 amide bonds. The maximum Gasteiger partial charge on any atom is 0.254 e. The van der Waals surface area contributed by atoms with Crippen molar-refractivity contribution in [1.82, 2.24) is 30.3 Å². The van der Waals surface area contributed by atoms with E-state index in [0.29, 0.717) is 36.1 Å². The lowest BCUT2D eigenvalue weighted by molar-refractivity contribution is 0.0952. The predicted molar refractivity (Wildman–Crippen MR) is 141 cm³/mol. The molecule has 0 bridgehead atoms. The summed E-state index contributed by atoms with van der Waals surface area (Å²) in [6, 6.07) is 19.6. The second-order valence-electron chi connectivity index (χ2n) is 8.54. The van der Waals surface area contributed by atoms with Crippen LogP contribution in [0.5, 0.6) is 11.6 Å². The molecule has 0 radical (unpaired) electrons. The lowest BCUT2D eigenvalue weighted by Gasteiger charge is -2.18. The Labute approximate surface area is 214 Å². The van der Waals surface area contributed by atoms with E-state index in [-0.39, 0.29) is 11.8 Å². The van der Waals surface area contributed by atoms with Crippen molar-refractivity contribution >= 4 is 16.8 Å². The number of ether oxygens (including phenoxy) is 2. The number of benzene rings is 2. The van der Waals surface area contributed by atoms with Crippen LogP contribution in [0.2, 0.25) is 0 Å². The minimum atomic E-state index is -0.207. The normalized spacial score (nSPS) is 11.9. The molecule has 2 N–H and O–H groups in total. The molecule has 0 aliphatic heterocycles. The monoisotopic (exact) mass is 496 g/mol. The summed E-state index contributed by atoms with van der Waals surface area (Å²) in [5.74, 6) is 1.45. The molecule has 9 heteroatoms. The van der Waals surface area contributed by atoms with Crippen molar-refractivity contribution in [2.24, 2.45) is 0 Å². The van der Waals surface area contributed by atoms with E-state index in [0.717, 1.165) is 27.8 Å². The fourth-order valence-electron chi connectivity index (χ4n) is 4.43. The lowest BCUT2D eigenvalue weighted by Crippen LogP contribution is -2.29. The van der Waals surface area contributed by atoms with Gasteiger partial charge in [-0.15, -0.1) is 10.2 Å². The number of amides is 1. The van der Waals surface area contributed by atoms with Gasteiger partial charge in [0.05, 0.1) is 31.2 Å². The molecule has 1 atom stereocenters. The minimum absolute atomic E-state index is 0.0710. The van der Waals surface area contributed by atoms with Gasteiger partial charge in [-0.25, -0.2) is 4.68 Å². The number of para-hydroxylation sites is 1. The van der Waals surface area contributed by atoms with Crippen LogP contribution in [0.15, 0.2) is 73.1 Å². The molecular formula is C28H28N6O3. The third-order valence-electron chi connectivity index (χ3n) is 6.37. The molecule has 0 aliphatic carbocycles. The average molecular weight is 497 g/mol. The van der Waals surface area contributed by atoms with E-state index in [2.05, 4.69) is 31.7 Å². The van der Waals surface area contributed by atoms with E-state index in [1.54, 1.807) is 30.1 Å². The maximum atomic E-state index is 13.3. The van der Waals surface area contributed by atoms with Crippen molar-refractivity contribution in [3.05, 3.63) is 95.4 Å². The fraction of sp³-hybridized carbons (Fsp3) is 0.214. The van der Waals surface area contributed by atoms with Gasteiger partial charge in [0, 0.05) is 35.6 Å². The number of hydrogen-bond acceptors (Lipinski definition) is 6. The van der Waals surface area contributed by atoms with Crippen molar-refractivity contribution < 1.29 is 14.3 Å². The second-order valence-corrected chi connectivity index (χ2v) is 8.54. The molecule has 2 aromatic carbocycles. The highest BCUT2D eigenvalue weighted by Gasteiger charge is 2.22. The molecule has 188 valence electrons. The number of aromatic nitrogens is 5. The van der Waals surface area contributed by atoms with Crippen LogP contribution in [-0.2, 0) is 0 Å². The van der Waals surface area contributed by atoms with Gasteiger partial charge in [0.15, 0.2) is 5.82 Å². The van der Waals surface area contributed by atoms with Gasteiger partial charge in [-0.1, -0.05) is 30.3 Å². The molecular weight excluding hydrogens is 468 g/mol. The van der Waals surface area contributed by atoms with E-state index < -0.39 is 0 Å². The van der Waals surface area contributed by atoms with E-state index in [1.807, 2.05) is 62.5 Å². The highest BCUT2D eigenvalue weighted by Crippen LogP contribution is 2.31. The van der Waals surface area contributed by atoms with Crippen LogP contribution < -0.4 is 14.8 Å². The van der Waals surface area contributed by atoms with E-state index in [4.69, 9.17) is 9.47 Å². The summed E-state index contributed by atoms with van der Waals surface area (Å²) in [4.78, 5) is 16.6. The Morgan fingerprint density at radius 1 is 1.08 bits per heavy atom. The summed E-state index contributed by atoms with van der Waals surface area (Å²) in [7, 11) is 1.65. The molecule has 5 aromatic rings. The van der Waals surface area contributed by atoms with Crippen molar-refractivity contribution in [2.45, 2.75) is 19.8 Å². The summed E-state index contributed by atoms with van der Waals surface area (Å²) >= 11 is 0. The van der Waals surface area contributed by atoms with Gasteiger partial charge in [0.1, 0.15) is 5.75 Å². The largest absolute Gasteiger partial charge is 0.497 e. The van der Waals surface area contributed by atoms with E-state index in [9.17, 15) is 4.79 Å². The average Bonchev–Trinajstić information content (AvgIpc) is 3.53. The van der Waals surface area contributed by atoms with Crippen LogP contribution in [0.4, 0.5) is 0 Å².